The fraction of sp³-hybridized carbons (Fsp3) is 0.692. The van der Waals surface area contributed by atoms with Gasteiger partial charge < -0.3 is 15.2 Å². The summed E-state index contributed by atoms with van der Waals surface area (Å²) in [5, 5.41) is 3.73. The van der Waals surface area contributed by atoms with Crippen molar-refractivity contribution in [2.75, 3.05) is 29.5 Å². The van der Waals surface area contributed by atoms with Gasteiger partial charge in [-0.3, -0.25) is 4.79 Å². The minimum Gasteiger partial charge on any atom is -0.350 e. The van der Waals surface area contributed by atoms with Crippen LogP contribution in [0.15, 0.2) is 17.2 Å². The molecule has 0 spiro atoms. The standard InChI is InChI=1S/C13H20N4OS/c18-13-12(14-4-5-15-13)17-6-1-2-10(8-17)16-11-3-7-19-9-11/h4-5,10-11,16H,1-3,6-9H2,(H,15,18). The normalized spacial score (nSPS) is 27.7. The second-order valence-electron chi connectivity index (χ2n) is 5.25. The Bertz CT molecular complexity index is 472. The predicted molar refractivity (Wildman–Crippen MR) is 79.0 cm³/mol. The Hall–Kier alpha value is -1.01. The van der Waals surface area contributed by atoms with Crippen LogP contribution < -0.4 is 15.8 Å². The summed E-state index contributed by atoms with van der Waals surface area (Å²) >= 11 is 2.03. The molecule has 1 aromatic rings. The van der Waals surface area contributed by atoms with Crippen LogP contribution in [0, 0.1) is 0 Å². The van der Waals surface area contributed by atoms with Gasteiger partial charge in [0.1, 0.15) is 0 Å². The number of anilines is 1. The number of aromatic amines is 1. The van der Waals surface area contributed by atoms with Gasteiger partial charge in [-0.2, -0.15) is 11.8 Å². The van der Waals surface area contributed by atoms with E-state index in [4.69, 9.17) is 0 Å². The Labute approximate surface area is 117 Å². The zero-order valence-electron chi connectivity index (χ0n) is 11.0. The highest BCUT2D eigenvalue weighted by Gasteiger charge is 2.25. The Balaban J connectivity index is 1.64. The van der Waals surface area contributed by atoms with E-state index in [1.54, 1.807) is 12.4 Å². The van der Waals surface area contributed by atoms with Crippen molar-refractivity contribution in [2.24, 2.45) is 0 Å². The molecule has 6 heteroatoms. The van der Waals surface area contributed by atoms with Gasteiger partial charge in [0.25, 0.3) is 5.56 Å². The molecule has 0 bridgehead atoms. The van der Waals surface area contributed by atoms with E-state index in [9.17, 15) is 4.79 Å². The highest BCUT2D eigenvalue weighted by Crippen LogP contribution is 2.20. The lowest BCUT2D eigenvalue weighted by molar-refractivity contribution is 0.385. The molecule has 1 aromatic heterocycles. The molecule has 0 aromatic carbocycles. The molecule has 19 heavy (non-hydrogen) atoms. The minimum absolute atomic E-state index is 0.0837. The summed E-state index contributed by atoms with van der Waals surface area (Å²) in [7, 11) is 0. The summed E-state index contributed by atoms with van der Waals surface area (Å²) in [6.45, 7) is 1.82. The Morgan fingerprint density at radius 3 is 3.16 bits per heavy atom. The SMILES string of the molecule is O=c1[nH]ccnc1N1CCCC(NC2CCSC2)C1. The third-order valence-electron chi connectivity index (χ3n) is 3.81. The molecule has 0 amide bonds. The Kier molecular flexibility index (Phi) is 4.08. The number of hydrogen-bond donors (Lipinski definition) is 2. The van der Waals surface area contributed by atoms with Crippen LogP contribution >= 0.6 is 11.8 Å². The lowest BCUT2D eigenvalue weighted by Gasteiger charge is -2.34. The van der Waals surface area contributed by atoms with E-state index < -0.39 is 0 Å². The van der Waals surface area contributed by atoms with E-state index >= 15 is 0 Å². The van der Waals surface area contributed by atoms with Gasteiger partial charge in [0.05, 0.1) is 0 Å². The van der Waals surface area contributed by atoms with Gasteiger partial charge in [0.2, 0.25) is 0 Å². The van der Waals surface area contributed by atoms with E-state index in [-0.39, 0.29) is 5.56 Å². The van der Waals surface area contributed by atoms with Crippen molar-refractivity contribution in [2.45, 2.75) is 31.3 Å². The topological polar surface area (TPSA) is 61.0 Å². The number of hydrogen-bond acceptors (Lipinski definition) is 5. The van der Waals surface area contributed by atoms with E-state index in [1.165, 1.54) is 24.3 Å². The molecule has 2 aliphatic rings. The molecule has 0 aliphatic carbocycles. The monoisotopic (exact) mass is 280 g/mol. The van der Waals surface area contributed by atoms with Gasteiger partial charge in [-0.1, -0.05) is 0 Å². The molecular weight excluding hydrogens is 260 g/mol. The zero-order valence-corrected chi connectivity index (χ0v) is 11.8. The maximum absolute atomic E-state index is 11.8. The van der Waals surface area contributed by atoms with Gasteiger partial charge in [-0.05, 0) is 25.0 Å². The fourth-order valence-corrected chi connectivity index (χ4v) is 4.04. The predicted octanol–water partition coefficient (Wildman–Crippen LogP) is 0.834. The van der Waals surface area contributed by atoms with E-state index in [2.05, 4.69) is 20.2 Å². The quantitative estimate of drug-likeness (QED) is 0.859. The van der Waals surface area contributed by atoms with Crippen molar-refractivity contribution in [3.05, 3.63) is 22.7 Å². The minimum atomic E-state index is -0.0837. The second-order valence-corrected chi connectivity index (χ2v) is 6.40. The first-order chi connectivity index (χ1) is 9.33. The molecule has 2 aliphatic heterocycles. The summed E-state index contributed by atoms with van der Waals surface area (Å²) in [5.74, 6) is 3.06. The number of piperidine rings is 1. The van der Waals surface area contributed by atoms with Crippen LogP contribution in [0.3, 0.4) is 0 Å². The van der Waals surface area contributed by atoms with Crippen LogP contribution in [0.2, 0.25) is 0 Å². The third kappa shape index (κ3) is 3.12. The molecule has 2 fully saturated rings. The van der Waals surface area contributed by atoms with Gasteiger partial charge >= 0.3 is 0 Å². The third-order valence-corrected chi connectivity index (χ3v) is 4.97. The molecule has 2 N–H and O–H groups in total. The van der Waals surface area contributed by atoms with Crippen LogP contribution in [0.25, 0.3) is 0 Å². The molecule has 104 valence electrons. The number of thioether (sulfide) groups is 1. The maximum Gasteiger partial charge on any atom is 0.290 e. The van der Waals surface area contributed by atoms with E-state index in [1.807, 2.05) is 11.8 Å². The lowest BCUT2D eigenvalue weighted by Crippen LogP contribution is -2.50. The maximum atomic E-state index is 11.8. The Morgan fingerprint density at radius 2 is 2.37 bits per heavy atom. The average molecular weight is 280 g/mol. The number of H-pyrrole nitrogens is 1. The molecule has 2 unspecified atom stereocenters. The Morgan fingerprint density at radius 1 is 1.42 bits per heavy atom. The molecule has 0 saturated carbocycles. The molecule has 2 atom stereocenters. The number of nitrogens with one attached hydrogen (secondary N) is 2. The molecular formula is C13H20N4OS. The first kappa shape index (κ1) is 13.0. The summed E-state index contributed by atoms with van der Waals surface area (Å²) in [6.07, 6.45) is 6.82. The fourth-order valence-electron chi connectivity index (χ4n) is 2.87. The van der Waals surface area contributed by atoms with Crippen molar-refractivity contribution in [3.8, 4) is 0 Å². The van der Waals surface area contributed by atoms with Crippen LogP contribution in [0.5, 0.6) is 0 Å². The first-order valence-electron chi connectivity index (χ1n) is 6.95. The van der Waals surface area contributed by atoms with Crippen LogP contribution in [0.4, 0.5) is 5.82 Å². The van der Waals surface area contributed by atoms with Crippen molar-refractivity contribution in [1.29, 1.82) is 0 Å². The molecule has 3 rings (SSSR count). The highest BCUT2D eigenvalue weighted by molar-refractivity contribution is 7.99. The average Bonchev–Trinajstić information content (AvgIpc) is 2.92. The number of nitrogens with zero attached hydrogens (tertiary/aromatic N) is 2. The summed E-state index contributed by atoms with van der Waals surface area (Å²) in [6, 6.07) is 1.14. The van der Waals surface area contributed by atoms with Crippen molar-refractivity contribution < 1.29 is 0 Å². The van der Waals surface area contributed by atoms with Crippen LogP contribution in [-0.4, -0.2) is 46.6 Å². The van der Waals surface area contributed by atoms with Crippen molar-refractivity contribution in [3.63, 3.8) is 0 Å². The molecule has 3 heterocycles. The lowest BCUT2D eigenvalue weighted by atomic mass is 10.0. The summed E-state index contributed by atoms with van der Waals surface area (Å²) in [5.41, 5.74) is -0.0837. The van der Waals surface area contributed by atoms with Crippen molar-refractivity contribution >= 4 is 17.6 Å². The smallest absolute Gasteiger partial charge is 0.290 e. The highest BCUT2D eigenvalue weighted by atomic mass is 32.2. The zero-order chi connectivity index (χ0) is 13.1. The van der Waals surface area contributed by atoms with Crippen LogP contribution in [-0.2, 0) is 0 Å². The van der Waals surface area contributed by atoms with E-state index in [0.29, 0.717) is 17.9 Å². The molecule has 5 nitrogen and oxygen atoms in total. The molecule has 2 saturated heterocycles. The largest absolute Gasteiger partial charge is 0.350 e. The number of aromatic nitrogens is 2. The van der Waals surface area contributed by atoms with E-state index in [0.717, 1.165) is 19.5 Å². The summed E-state index contributed by atoms with van der Waals surface area (Å²) in [4.78, 5) is 20.8. The molecule has 0 radical (unpaired) electrons. The van der Waals surface area contributed by atoms with Gasteiger partial charge in [0.15, 0.2) is 5.82 Å². The van der Waals surface area contributed by atoms with Gasteiger partial charge in [0, 0.05) is 43.3 Å². The van der Waals surface area contributed by atoms with Crippen LogP contribution in [0.1, 0.15) is 19.3 Å². The second kappa shape index (κ2) is 5.96. The summed E-state index contributed by atoms with van der Waals surface area (Å²) < 4.78 is 0. The number of rotatable bonds is 3. The van der Waals surface area contributed by atoms with Gasteiger partial charge in [-0.15, -0.1) is 0 Å². The first-order valence-corrected chi connectivity index (χ1v) is 8.11. The van der Waals surface area contributed by atoms with Gasteiger partial charge in [-0.25, -0.2) is 4.98 Å². The van der Waals surface area contributed by atoms with Crippen molar-refractivity contribution in [1.82, 2.24) is 15.3 Å².